The number of nitrogens with one attached hydrogen (secondary N) is 1. The van der Waals surface area contributed by atoms with Crippen molar-refractivity contribution in [2.24, 2.45) is 4.99 Å². The van der Waals surface area contributed by atoms with Crippen LogP contribution in [0.1, 0.15) is 11.1 Å². The predicted molar refractivity (Wildman–Crippen MR) is 129 cm³/mol. The fourth-order valence-corrected chi connectivity index (χ4v) is 5.25. The van der Waals surface area contributed by atoms with Gasteiger partial charge in [-0.2, -0.15) is 13.4 Å². The number of hydrogen-bond acceptors (Lipinski definition) is 6. The third-order valence-corrected chi connectivity index (χ3v) is 7.35. The molecule has 1 aromatic heterocycles. The highest BCUT2D eigenvalue weighted by Gasteiger charge is 2.40. The van der Waals surface area contributed by atoms with E-state index in [2.05, 4.69) is 20.5 Å². The average molecular weight is 508 g/mol. The maximum absolute atomic E-state index is 13.1. The van der Waals surface area contributed by atoms with E-state index in [0.29, 0.717) is 16.6 Å². The zero-order valence-electron chi connectivity index (χ0n) is 18.3. The van der Waals surface area contributed by atoms with Gasteiger partial charge in [0.25, 0.3) is 10.1 Å². The first-order chi connectivity index (χ1) is 16.8. The van der Waals surface area contributed by atoms with Crippen LogP contribution in [0.25, 0.3) is 5.69 Å². The van der Waals surface area contributed by atoms with Gasteiger partial charge in [0.1, 0.15) is 16.2 Å². The summed E-state index contributed by atoms with van der Waals surface area (Å²) in [4.78, 5) is 18.6. The van der Waals surface area contributed by atoms with Gasteiger partial charge in [-0.05, 0) is 60.6 Å². The number of benzene rings is 3. The van der Waals surface area contributed by atoms with Crippen molar-refractivity contribution >= 4 is 39.3 Å². The zero-order chi connectivity index (χ0) is 24.6. The largest absolute Gasteiger partial charge is 0.367 e. The number of aromatic nitrogens is 4. The van der Waals surface area contributed by atoms with Crippen LogP contribution < -0.4 is 9.58 Å². The lowest BCUT2D eigenvalue weighted by atomic mass is 10.1. The Balaban J connectivity index is 1.57. The smallest absolute Gasteiger partial charge is 0.282 e. The Morgan fingerprint density at radius 3 is 2.34 bits per heavy atom. The molecular weight excluding hydrogens is 488 g/mol. The van der Waals surface area contributed by atoms with Crippen LogP contribution in [-0.2, 0) is 10.1 Å². The summed E-state index contributed by atoms with van der Waals surface area (Å²) < 4.78 is 33.9. The van der Waals surface area contributed by atoms with E-state index < -0.39 is 21.5 Å². The zero-order valence-corrected chi connectivity index (χ0v) is 19.9. The Kier molecular flexibility index (Phi) is 5.93. The molecule has 0 saturated carbocycles. The van der Waals surface area contributed by atoms with Gasteiger partial charge in [0.05, 0.1) is 10.6 Å². The number of H-pyrrole nitrogens is 1. The quantitative estimate of drug-likeness (QED) is 0.303. The first-order valence-corrected chi connectivity index (χ1v) is 12.7. The van der Waals surface area contributed by atoms with Crippen LogP contribution in [0.4, 0.5) is 10.5 Å². The normalized spacial score (nSPS) is 15.9. The molecule has 1 aliphatic heterocycles. The van der Waals surface area contributed by atoms with Crippen molar-refractivity contribution in [3.8, 4) is 5.69 Å². The van der Waals surface area contributed by atoms with Crippen LogP contribution in [0.5, 0.6) is 0 Å². The van der Waals surface area contributed by atoms with E-state index >= 15 is 0 Å². The third kappa shape index (κ3) is 4.58. The predicted octanol–water partition coefficient (Wildman–Crippen LogP) is 3.18. The molecular formula is C23H19N6O4S2+. The molecule has 3 aromatic carbocycles. The summed E-state index contributed by atoms with van der Waals surface area (Å²) in [5.74, 6) is 0. The van der Waals surface area contributed by atoms with Crippen molar-refractivity contribution in [3.63, 3.8) is 0 Å². The van der Waals surface area contributed by atoms with Crippen molar-refractivity contribution in [2.45, 2.75) is 22.3 Å². The number of aromatic amines is 1. The molecule has 0 saturated heterocycles. The monoisotopic (exact) mass is 507 g/mol. The van der Waals surface area contributed by atoms with Gasteiger partial charge < -0.3 is 0 Å². The molecule has 35 heavy (non-hydrogen) atoms. The van der Waals surface area contributed by atoms with E-state index in [4.69, 9.17) is 0 Å². The fraction of sp³-hybridized carbons (Fsp3) is 0.0870. The number of rotatable bonds is 6. The number of para-hydroxylation sites is 1. The number of amides is 2. The molecule has 10 nitrogen and oxygen atoms in total. The molecule has 2 heterocycles. The molecule has 0 radical (unpaired) electrons. The number of thioether (sulfide) groups is 1. The van der Waals surface area contributed by atoms with Crippen LogP contribution in [0, 0.1) is 6.92 Å². The van der Waals surface area contributed by atoms with Crippen molar-refractivity contribution < 1.29 is 22.4 Å². The summed E-state index contributed by atoms with van der Waals surface area (Å²) in [7, 11) is -4.37. The lowest BCUT2D eigenvalue weighted by Crippen LogP contribution is -2.40. The summed E-state index contributed by atoms with van der Waals surface area (Å²) in [6.07, 6.45) is 0. The minimum absolute atomic E-state index is 0.268. The van der Waals surface area contributed by atoms with Gasteiger partial charge in [-0.25, -0.2) is 4.79 Å². The molecule has 0 bridgehead atoms. The van der Waals surface area contributed by atoms with E-state index in [-0.39, 0.29) is 4.90 Å². The molecule has 1 aliphatic rings. The molecule has 1 atom stereocenters. The molecule has 0 fully saturated rings. The molecule has 1 unspecified atom stereocenters. The van der Waals surface area contributed by atoms with Gasteiger partial charge in [-0.3, -0.25) is 9.45 Å². The van der Waals surface area contributed by atoms with Crippen molar-refractivity contribution in [1.29, 1.82) is 0 Å². The molecule has 0 spiro atoms. The Hall–Kier alpha value is -3.87. The van der Waals surface area contributed by atoms with Gasteiger partial charge in [0.2, 0.25) is 0 Å². The number of aliphatic imine (C=N–C) groups is 1. The standard InChI is InChI=1S/C23H18N6O4S2/c1-15-7-9-16(10-8-15)20-21(34-23-25-26-27-29(23)18-5-3-2-4-6-18)28(22(30)24-20)17-11-13-19(14-12-17)35(31,32)33/h2-14,21H,1H3,(H,31,32,33)/p+1. The molecule has 12 heteroatoms. The minimum atomic E-state index is -4.37. The van der Waals surface area contributed by atoms with Crippen LogP contribution in [-0.4, -0.2) is 45.6 Å². The second-order valence-corrected chi connectivity index (χ2v) is 10.2. The maximum Gasteiger partial charge on any atom is 0.367 e. The number of carbonyl (C=O) groups is 1. The van der Waals surface area contributed by atoms with Gasteiger partial charge in [-0.1, -0.05) is 53.2 Å². The second kappa shape index (κ2) is 9.06. The van der Waals surface area contributed by atoms with E-state index in [1.807, 2.05) is 61.5 Å². The highest BCUT2D eigenvalue weighted by molar-refractivity contribution is 8.00. The maximum atomic E-state index is 13.1. The molecule has 5 rings (SSSR count). The number of carbonyl (C=O) groups excluding carboxylic acids is 1. The average Bonchev–Trinajstić information content (AvgIpc) is 3.44. The summed E-state index contributed by atoms with van der Waals surface area (Å²) in [5.41, 5.74) is 3.59. The van der Waals surface area contributed by atoms with Gasteiger partial charge >= 0.3 is 11.2 Å². The van der Waals surface area contributed by atoms with E-state index in [1.165, 1.54) is 40.9 Å². The number of tetrazole rings is 1. The fourth-order valence-electron chi connectivity index (χ4n) is 3.62. The van der Waals surface area contributed by atoms with E-state index in [9.17, 15) is 17.8 Å². The molecule has 4 aromatic rings. The third-order valence-electron chi connectivity index (χ3n) is 5.35. The van der Waals surface area contributed by atoms with E-state index in [1.54, 1.807) is 4.68 Å². The second-order valence-electron chi connectivity index (χ2n) is 7.71. The first kappa shape index (κ1) is 22.9. The van der Waals surface area contributed by atoms with Crippen molar-refractivity contribution in [3.05, 3.63) is 90.0 Å². The summed E-state index contributed by atoms with van der Waals surface area (Å²) in [6.45, 7) is 1.97. The summed E-state index contributed by atoms with van der Waals surface area (Å²) >= 11 is 1.27. The Bertz CT molecular complexity index is 1520. The number of anilines is 1. The SMILES string of the molecule is Cc1ccc(C2=NC(=O)N(c3ccc(S(=O)(=O)O)cc3)C2Sc2nn[nH][n+]2-c2ccccc2)cc1. The van der Waals surface area contributed by atoms with Crippen LogP contribution in [0.15, 0.2) is 93.9 Å². The van der Waals surface area contributed by atoms with Crippen LogP contribution >= 0.6 is 11.8 Å². The molecule has 176 valence electrons. The number of aryl methyl sites for hydroxylation is 1. The minimum Gasteiger partial charge on any atom is -0.282 e. The lowest BCUT2D eigenvalue weighted by molar-refractivity contribution is -0.697. The van der Waals surface area contributed by atoms with Crippen molar-refractivity contribution in [1.82, 2.24) is 15.5 Å². The van der Waals surface area contributed by atoms with Gasteiger partial charge in [-0.15, -0.1) is 4.68 Å². The lowest BCUT2D eigenvalue weighted by Gasteiger charge is -2.23. The van der Waals surface area contributed by atoms with Crippen LogP contribution in [0.2, 0.25) is 0 Å². The summed E-state index contributed by atoms with van der Waals surface area (Å²) in [5, 5.41) is 10.9. The Labute approximate surface area is 205 Å². The Morgan fingerprint density at radius 1 is 1.00 bits per heavy atom. The first-order valence-electron chi connectivity index (χ1n) is 10.4. The number of hydrogen-bond donors (Lipinski definition) is 2. The highest BCUT2D eigenvalue weighted by atomic mass is 32.2. The van der Waals surface area contributed by atoms with Gasteiger partial charge in [0, 0.05) is 5.69 Å². The number of urea groups is 1. The highest BCUT2D eigenvalue weighted by Crippen LogP contribution is 2.35. The van der Waals surface area contributed by atoms with E-state index in [0.717, 1.165) is 16.8 Å². The van der Waals surface area contributed by atoms with Gasteiger partial charge in [0.15, 0.2) is 5.21 Å². The summed E-state index contributed by atoms with van der Waals surface area (Å²) in [6, 6.07) is 22.0. The van der Waals surface area contributed by atoms with Crippen molar-refractivity contribution in [2.75, 3.05) is 4.90 Å². The topological polar surface area (TPSA) is 132 Å². The molecule has 0 aliphatic carbocycles. The van der Waals surface area contributed by atoms with Crippen LogP contribution in [0.3, 0.4) is 0 Å². The molecule has 2 amide bonds. The molecule has 2 N–H and O–H groups in total. The Morgan fingerprint density at radius 2 is 1.69 bits per heavy atom. The number of nitrogens with zero attached hydrogens (tertiary/aromatic N) is 5.